The summed E-state index contributed by atoms with van der Waals surface area (Å²) in [6.45, 7) is 1.26. The van der Waals surface area contributed by atoms with Gasteiger partial charge in [-0.05, 0) is 49.9 Å². The molecule has 0 radical (unpaired) electrons. The molecule has 10 heteroatoms. The first-order valence-electron chi connectivity index (χ1n) is 11.4. The average Bonchev–Trinajstić information content (AvgIpc) is 3.56. The number of pyridine rings is 1. The molecule has 178 valence electrons. The van der Waals surface area contributed by atoms with Crippen molar-refractivity contribution in [3.05, 3.63) is 83.0 Å². The molecular weight excluding hydrogens is 469 g/mol. The number of carbonyl (C=O) groups is 1. The Hall–Kier alpha value is -3.85. The number of imidazole rings is 1. The number of hydrogen-bond acceptors (Lipinski definition) is 6. The van der Waals surface area contributed by atoms with Crippen molar-refractivity contribution in [2.24, 2.45) is 0 Å². The van der Waals surface area contributed by atoms with Gasteiger partial charge < -0.3 is 15.2 Å². The number of fused-ring (bicyclic) bond motifs is 1. The largest absolute Gasteiger partial charge is 0.352 e. The fraction of sp³-hybridized carbons (Fsp3) is 0.240. The van der Waals surface area contributed by atoms with Crippen molar-refractivity contribution in [3.8, 4) is 11.4 Å². The van der Waals surface area contributed by atoms with Gasteiger partial charge in [-0.1, -0.05) is 11.6 Å². The molecule has 8 nitrogen and oxygen atoms in total. The highest BCUT2D eigenvalue weighted by Gasteiger charge is 2.22. The van der Waals surface area contributed by atoms with Crippen LogP contribution in [0.15, 0.2) is 55.4 Å². The molecule has 0 bridgehead atoms. The fourth-order valence-electron chi connectivity index (χ4n) is 4.11. The normalized spacial score (nSPS) is 12.4. The molecule has 1 aromatic carbocycles. The predicted molar refractivity (Wildman–Crippen MR) is 131 cm³/mol. The Balaban J connectivity index is 1.38. The highest BCUT2D eigenvalue weighted by atomic mass is 35.5. The molecule has 0 saturated heterocycles. The highest BCUT2D eigenvalue weighted by Crippen LogP contribution is 2.33. The number of hydrogen-bond donors (Lipinski definition) is 2. The standard InChI is InChI=1S/C25H23ClFN7O/c26-16-5-6-20(27)18(13-16)24-31-21-4-1-3-17(21)23(33-24)32-22-7-9-28-14-19(22)25(35)30-8-2-11-34-12-10-29-15-34/h5-7,9-10,12-15H,1-4,8,11H2,(H,30,35)(H,28,31,32,33). The summed E-state index contributed by atoms with van der Waals surface area (Å²) in [5.74, 6) is 0.131. The van der Waals surface area contributed by atoms with E-state index < -0.39 is 5.82 Å². The summed E-state index contributed by atoms with van der Waals surface area (Å²) in [6.07, 6.45) is 11.8. The van der Waals surface area contributed by atoms with Gasteiger partial charge in [-0.15, -0.1) is 0 Å². The maximum Gasteiger partial charge on any atom is 0.254 e. The molecule has 0 fully saturated rings. The Morgan fingerprint density at radius 3 is 2.91 bits per heavy atom. The number of nitrogens with zero attached hydrogens (tertiary/aromatic N) is 5. The van der Waals surface area contributed by atoms with Gasteiger partial charge in [0, 0.05) is 54.2 Å². The third-order valence-electron chi connectivity index (χ3n) is 5.86. The van der Waals surface area contributed by atoms with E-state index in [0.29, 0.717) is 28.6 Å². The lowest BCUT2D eigenvalue weighted by molar-refractivity contribution is 0.0953. The van der Waals surface area contributed by atoms with Gasteiger partial charge in [-0.25, -0.2) is 19.3 Å². The molecule has 0 saturated carbocycles. The van der Waals surface area contributed by atoms with Crippen molar-refractivity contribution >= 4 is 29.0 Å². The second-order valence-corrected chi connectivity index (χ2v) is 8.69. The molecule has 35 heavy (non-hydrogen) atoms. The van der Waals surface area contributed by atoms with Crippen LogP contribution in [-0.4, -0.2) is 37.0 Å². The molecular formula is C25H23ClFN7O. The SMILES string of the molecule is O=C(NCCCn1ccnc1)c1cnccc1Nc1nc(-c2cc(Cl)ccc2F)nc2c1CCC2. The second kappa shape index (κ2) is 10.2. The van der Waals surface area contributed by atoms with E-state index in [4.69, 9.17) is 11.6 Å². The first-order chi connectivity index (χ1) is 17.1. The van der Waals surface area contributed by atoms with E-state index in [0.717, 1.165) is 43.5 Å². The maximum atomic E-state index is 14.5. The Kier molecular flexibility index (Phi) is 6.67. The van der Waals surface area contributed by atoms with Crippen LogP contribution in [0.2, 0.25) is 5.02 Å². The summed E-state index contributed by atoms with van der Waals surface area (Å²) < 4.78 is 16.5. The third kappa shape index (κ3) is 5.14. The van der Waals surface area contributed by atoms with Gasteiger partial charge >= 0.3 is 0 Å². The molecule has 0 atom stereocenters. The molecule has 4 aromatic rings. The Labute approximate surface area is 206 Å². The maximum absolute atomic E-state index is 14.5. The topological polar surface area (TPSA) is 97.6 Å². The first kappa shape index (κ1) is 22.9. The zero-order valence-electron chi connectivity index (χ0n) is 18.8. The van der Waals surface area contributed by atoms with Crippen molar-refractivity contribution in [1.82, 2.24) is 29.8 Å². The van der Waals surface area contributed by atoms with Crippen molar-refractivity contribution in [1.29, 1.82) is 0 Å². The lowest BCUT2D eigenvalue weighted by atomic mass is 10.1. The Bertz CT molecular complexity index is 1360. The van der Waals surface area contributed by atoms with Crippen molar-refractivity contribution in [3.63, 3.8) is 0 Å². The van der Waals surface area contributed by atoms with Gasteiger partial charge in [-0.3, -0.25) is 9.78 Å². The molecule has 1 aliphatic rings. The summed E-state index contributed by atoms with van der Waals surface area (Å²) in [6, 6.07) is 6.04. The van der Waals surface area contributed by atoms with E-state index in [-0.39, 0.29) is 17.3 Å². The minimum Gasteiger partial charge on any atom is -0.352 e. The molecule has 5 rings (SSSR count). The van der Waals surface area contributed by atoms with Gasteiger partial charge in [0.2, 0.25) is 0 Å². The zero-order chi connectivity index (χ0) is 24.2. The molecule has 0 spiro atoms. The van der Waals surface area contributed by atoms with Gasteiger partial charge in [0.05, 0.1) is 23.1 Å². The van der Waals surface area contributed by atoms with Crippen LogP contribution in [0.4, 0.5) is 15.9 Å². The predicted octanol–water partition coefficient (Wildman–Crippen LogP) is 4.58. The smallest absolute Gasteiger partial charge is 0.254 e. The van der Waals surface area contributed by atoms with Crippen LogP contribution in [0.5, 0.6) is 0 Å². The van der Waals surface area contributed by atoms with E-state index in [1.807, 2.05) is 10.8 Å². The summed E-state index contributed by atoms with van der Waals surface area (Å²) in [4.78, 5) is 30.3. The van der Waals surface area contributed by atoms with E-state index >= 15 is 0 Å². The molecule has 1 amide bonds. The van der Waals surface area contributed by atoms with E-state index in [2.05, 4.69) is 30.6 Å². The van der Waals surface area contributed by atoms with Crippen LogP contribution < -0.4 is 10.6 Å². The van der Waals surface area contributed by atoms with Crippen LogP contribution in [0.25, 0.3) is 11.4 Å². The quantitative estimate of drug-likeness (QED) is 0.350. The Morgan fingerprint density at radius 1 is 1.14 bits per heavy atom. The van der Waals surface area contributed by atoms with Gasteiger partial charge in [-0.2, -0.15) is 0 Å². The highest BCUT2D eigenvalue weighted by molar-refractivity contribution is 6.30. The number of nitrogens with one attached hydrogen (secondary N) is 2. The summed E-state index contributed by atoms with van der Waals surface area (Å²) in [7, 11) is 0. The number of anilines is 2. The second-order valence-electron chi connectivity index (χ2n) is 8.26. The van der Waals surface area contributed by atoms with E-state index in [1.54, 1.807) is 24.8 Å². The Morgan fingerprint density at radius 2 is 2.06 bits per heavy atom. The fourth-order valence-corrected chi connectivity index (χ4v) is 4.29. The zero-order valence-corrected chi connectivity index (χ0v) is 19.6. The number of halogens is 2. The van der Waals surface area contributed by atoms with E-state index in [9.17, 15) is 9.18 Å². The molecule has 2 N–H and O–H groups in total. The number of aromatic nitrogens is 5. The lowest BCUT2D eigenvalue weighted by Crippen LogP contribution is -2.26. The third-order valence-corrected chi connectivity index (χ3v) is 6.09. The molecule has 0 aliphatic heterocycles. The number of carbonyl (C=O) groups excluding carboxylic acids is 1. The van der Waals surface area contributed by atoms with Crippen molar-refractivity contribution in [2.45, 2.75) is 32.2 Å². The molecule has 3 heterocycles. The number of rotatable bonds is 8. The minimum absolute atomic E-state index is 0.237. The van der Waals surface area contributed by atoms with Crippen LogP contribution in [0.1, 0.15) is 34.5 Å². The number of amides is 1. The van der Waals surface area contributed by atoms with Crippen molar-refractivity contribution in [2.75, 3.05) is 11.9 Å². The summed E-state index contributed by atoms with van der Waals surface area (Å²) in [5, 5.41) is 6.64. The number of benzene rings is 1. The van der Waals surface area contributed by atoms with Crippen LogP contribution >= 0.6 is 11.6 Å². The average molecular weight is 492 g/mol. The monoisotopic (exact) mass is 491 g/mol. The van der Waals surface area contributed by atoms with Crippen molar-refractivity contribution < 1.29 is 9.18 Å². The van der Waals surface area contributed by atoms with Crippen LogP contribution in [0.3, 0.4) is 0 Å². The number of aryl methyl sites for hydroxylation is 2. The lowest BCUT2D eigenvalue weighted by Gasteiger charge is -2.15. The molecule has 3 aromatic heterocycles. The van der Waals surface area contributed by atoms with Gasteiger partial charge in [0.1, 0.15) is 11.6 Å². The van der Waals surface area contributed by atoms with Crippen LogP contribution in [-0.2, 0) is 19.4 Å². The minimum atomic E-state index is -0.446. The first-order valence-corrected chi connectivity index (χ1v) is 11.8. The van der Waals surface area contributed by atoms with E-state index in [1.165, 1.54) is 24.4 Å². The van der Waals surface area contributed by atoms with Gasteiger partial charge in [0.25, 0.3) is 5.91 Å². The van der Waals surface area contributed by atoms with Gasteiger partial charge in [0.15, 0.2) is 5.82 Å². The molecule has 0 unspecified atom stereocenters. The summed E-state index contributed by atoms with van der Waals surface area (Å²) >= 11 is 6.10. The summed E-state index contributed by atoms with van der Waals surface area (Å²) in [5.41, 5.74) is 3.05. The van der Waals surface area contributed by atoms with Crippen LogP contribution in [0, 0.1) is 5.82 Å². The molecule has 1 aliphatic carbocycles.